The summed E-state index contributed by atoms with van der Waals surface area (Å²) >= 11 is 1.64. The highest BCUT2D eigenvalue weighted by atomic mass is 32.2. The summed E-state index contributed by atoms with van der Waals surface area (Å²) in [5.41, 5.74) is 3.61. The van der Waals surface area contributed by atoms with Crippen LogP contribution in [-0.2, 0) is 20.2 Å². The number of hydrogen-bond donors (Lipinski definition) is 1. The van der Waals surface area contributed by atoms with Gasteiger partial charge >= 0.3 is 0 Å². The molecule has 6 nitrogen and oxygen atoms in total. The van der Waals surface area contributed by atoms with Crippen molar-refractivity contribution in [1.82, 2.24) is 25.5 Å². The van der Waals surface area contributed by atoms with Crippen molar-refractivity contribution in [3.8, 4) is 5.75 Å². The smallest absolute Gasteiger partial charge is 0.209 e. The predicted octanol–water partition coefficient (Wildman–Crippen LogP) is 4.13. The molecule has 0 atom stereocenters. The van der Waals surface area contributed by atoms with Gasteiger partial charge in [-0.05, 0) is 39.8 Å². The summed E-state index contributed by atoms with van der Waals surface area (Å²) in [6.45, 7) is 4.23. The van der Waals surface area contributed by atoms with Gasteiger partial charge in [-0.3, -0.25) is 0 Å². The minimum Gasteiger partial charge on any atom is -0.489 e. The van der Waals surface area contributed by atoms with Crippen molar-refractivity contribution in [2.24, 2.45) is 7.05 Å². The van der Waals surface area contributed by atoms with E-state index >= 15 is 0 Å². The highest BCUT2D eigenvalue weighted by Crippen LogP contribution is 2.29. The summed E-state index contributed by atoms with van der Waals surface area (Å²) in [7, 11) is 1.85. The molecule has 0 aliphatic carbocycles. The molecule has 154 valence electrons. The zero-order valence-electron chi connectivity index (χ0n) is 17.2. The number of thioether (sulfide) groups is 1. The molecule has 1 heterocycles. The fraction of sp³-hybridized carbons (Fsp3) is 0.261. The Labute approximate surface area is 180 Å². The van der Waals surface area contributed by atoms with E-state index in [9.17, 15) is 0 Å². The van der Waals surface area contributed by atoms with Gasteiger partial charge in [0.15, 0.2) is 0 Å². The number of fused-ring (bicyclic) bond motifs is 1. The molecule has 4 rings (SSSR count). The zero-order chi connectivity index (χ0) is 20.8. The Kier molecular flexibility index (Phi) is 6.61. The first-order valence-electron chi connectivity index (χ1n) is 9.95. The normalized spacial score (nSPS) is 11.1. The lowest BCUT2D eigenvalue weighted by Crippen LogP contribution is -2.17. The lowest BCUT2D eigenvalue weighted by molar-refractivity contribution is 0.303. The van der Waals surface area contributed by atoms with Crippen molar-refractivity contribution in [3.63, 3.8) is 0 Å². The Hall–Kier alpha value is -2.90. The Bertz CT molecular complexity index is 1110. The van der Waals surface area contributed by atoms with Crippen LogP contribution in [0.1, 0.15) is 16.7 Å². The number of ether oxygens (including phenoxy) is 1. The van der Waals surface area contributed by atoms with E-state index < -0.39 is 0 Å². The van der Waals surface area contributed by atoms with Crippen molar-refractivity contribution < 1.29 is 4.74 Å². The first kappa shape index (κ1) is 20.4. The standard InChI is InChI=1S/C23H25N5OS/c1-17-7-9-18(10-8-17)16-29-22-12-11-19-5-3-4-6-20(19)21(22)15-24-13-14-30-23-25-26-27-28(23)2/h3-12,24H,13-16H2,1-2H3. The fourth-order valence-corrected chi connectivity index (χ4v) is 4.00. The Morgan fingerprint density at radius 2 is 1.87 bits per heavy atom. The van der Waals surface area contributed by atoms with Crippen LogP contribution in [0.2, 0.25) is 0 Å². The van der Waals surface area contributed by atoms with Gasteiger partial charge < -0.3 is 10.1 Å². The van der Waals surface area contributed by atoms with Gasteiger partial charge in [-0.2, -0.15) is 0 Å². The first-order valence-corrected chi connectivity index (χ1v) is 10.9. The van der Waals surface area contributed by atoms with Crippen LogP contribution in [0.25, 0.3) is 10.8 Å². The molecule has 30 heavy (non-hydrogen) atoms. The highest BCUT2D eigenvalue weighted by molar-refractivity contribution is 7.99. The summed E-state index contributed by atoms with van der Waals surface area (Å²) in [4.78, 5) is 0. The van der Waals surface area contributed by atoms with E-state index in [1.54, 1.807) is 16.4 Å². The van der Waals surface area contributed by atoms with Crippen LogP contribution in [-0.4, -0.2) is 32.5 Å². The second kappa shape index (κ2) is 9.73. The second-order valence-electron chi connectivity index (χ2n) is 7.15. The van der Waals surface area contributed by atoms with Crippen molar-refractivity contribution in [3.05, 3.63) is 77.4 Å². The molecule has 1 N–H and O–H groups in total. The SMILES string of the molecule is Cc1ccc(COc2ccc3ccccc3c2CNCCSc2nnnn2C)cc1. The number of benzene rings is 3. The third-order valence-corrected chi connectivity index (χ3v) is 5.92. The molecule has 0 aliphatic rings. The lowest BCUT2D eigenvalue weighted by Gasteiger charge is -2.15. The van der Waals surface area contributed by atoms with Crippen molar-refractivity contribution in [1.29, 1.82) is 0 Å². The second-order valence-corrected chi connectivity index (χ2v) is 8.21. The molecule has 0 fully saturated rings. The molecular weight excluding hydrogens is 394 g/mol. The Morgan fingerprint density at radius 3 is 2.67 bits per heavy atom. The van der Waals surface area contributed by atoms with Crippen LogP contribution < -0.4 is 10.1 Å². The monoisotopic (exact) mass is 419 g/mol. The van der Waals surface area contributed by atoms with E-state index in [4.69, 9.17) is 4.74 Å². The maximum Gasteiger partial charge on any atom is 0.209 e. The van der Waals surface area contributed by atoms with Crippen LogP contribution >= 0.6 is 11.8 Å². The van der Waals surface area contributed by atoms with Gasteiger partial charge in [0.25, 0.3) is 0 Å². The average molecular weight is 420 g/mol. The number of aromatic nitrogens is 4. The van der Waals surface area contributed by atoms with Crippen molar-refractivity contribution >= 4 is 22.5 Å². The number of rotatable bonds is 9. The van der Waals surface area contributed by atoms with Crippen LogP contribution in [0.4, 0.5) is 0 Å². The molecule has 3 aromatic carbocycles. The zero-order valence-corrected chi connectivity index (χ0v) is 18.0. The molecule has 4 aromatic rings. The van der Waals surface area contributed by atoms with E-state index in [0.29, 0.717) is 6.61 Å². The van der Waals surface area contributed by atoms with Gasteiger partial charge in [-0.1, -0.05) is 71.9 Å². The number of nitrogens with zero attached hydrogens (tertiary/aromatic N) is 4. The Balaban J connectivity index is 1.43. The summed E-state index contributed by atoms with van der Waals surface area (Å²) < 4.78 is 7.91. The molecule has 0 unspecified atom stereocenters. The van der Waals surface area contributed by atoms with Gasteiger partial charge in [0.05, 0.1) is 0 Å². The summed E-state index contributed by atoms with van der Waals surface area (Å²) in [6.07, 6.45) is 0. The third-order valence-electron chi connectivity index (χ3n) is 4.91. The number of nitrogens with one attached hydrogen (secondary N) is 1. The minimum absolute atomic E-state index is 0.556. The van der Waals surface area contributed by atoms with E-state index in [2.05, 4.69) is 88.4 Å². The van der Waals surface area contributed by atoms with Crippen LogP contribution in [0.3, 0.4) is 0 Å². The van der Waals surface area contributed by atoms with E-state index in [-0.39, 0.29) is 0 Å². The fourth-order valence-electron chi connectivity index (χ4n) is 3.25. The van der Waals surface area contributed by atoms with E-state index in [1.165, 1.54) is 27.5 Å². The summed E-state index contributed by atoms with van der Waals surface area (Å²) in [5.74, 6) is 1.81. The molecule has 0 spiro atoms. The van der Waals surface area contributed by atoms with Gasteiger partial charge in [0.1, 0.15) is 12.4 Å². The molecular formula is C23H25N5OS. The van der Waals surface area contributed by atoms with Crippen LogP contribution in [0.15, 0.2) is 65.8 Å². The lowest BCUT2D eigenvalue weighted by atomic mass is 10.0. The predicted molar refractivity (Wildman–Crippen MR) is 121 cm³/mol. The van der Waals surface area contributed by atoms with Crippen LogP contribution in [0, 0.1) is 6.92 Å². The van der Waals surface area contributed by atoms with E-state index in [1.807, 2.05) is 7.05 Å². The Morgan fingerprint density at radius 1 is 1.03 bits per heavy atom. The van der Waals surface area contributed by atoms with Crippen LogP contribution in [0.5, 0.6) is 5.75 Å². The first-order chi connectivity index (χ1) is 14.7. The molecule has 0 radical (unpaired) electrons. The van der Waals surface area contributed by atoms with Gasteiger partial charge in [-0.25, -0.2) is 4.68 Å². The topological polar surface area (TPSA) is 64.9 Å². The van der Waals surface area contributed by atoms with Gasteiger partial charge in [0, 0.05) is 31.5 Å². The summed E-state index contributed by atoms with van der Waals surface area (Å²) in [5, 5.41) is 18.3. The maximum atomic E-state index is 6.23. The van der Waals surface area contributed by atoms with Crippen molar-refractivity contribution in [2.75, 3.05) is 12.3 Å². The number of hydrogen-bond acceptors (Lipinski definition) is 6. The molecule has 1 aromatic heterocycles. The number of aryl methyl sites for hydroxylation is 2. The minimum atomic E-state index is 0.556. The summed E-state index contributed by atoms with van der Waals surface area (Å²) in [6, 6.07) is 21.1. The molecule has 0 amide bonds. The number of tetrazole rings is 1. The van der Waals surface area contributed by atoms with Gasteiger partial charge in [0.2, 0.25) is 5.16 Å². The van der Waals surface area contributed by atoms with Gasteiger partial charge in [-0.15, -0.1) is 5.10 Å². The third kappa shape index (κ3) is 4.98. The molecule has 0 saturated carbocycles. The highest BCUT2D eigenvalue weighted by Gasteiger charge is 2.10. The molecule has 0 aliphatic heterocycles. The maximum absolute atomic E-state index is 6.23. The molecule has 0 saturated heterocycles. The largest absolute Gasteiger partial charge is 0.489 e. The van der Waals surface area contributed by atoms with Crippen molar-refractivity contribution in [2.45, 2.75) is 25.2 Å². The average Bonchev–Trinajstić information content (AvgIpc) is 3.18. The quantitative estimate of drug-likeness (QED) is 0.325. The molecule has 0 bridgehead atoms. The van der Waals surface area contributed by atoms with E-state index in [0.717, 1.165) is 29.7 Å². The molecule has 7 heteroatoms.